The van der Waals surface area contributed by atoms with E-state index in [1.165, 1.54) is 0 Å². The maximum absolute atomic E-state index is 12.8. The first kappa shape index (κ1) is 19.0. The van der Waals surface area contributed by atoms with Crippen molar-refractivity contribution in [3.05, 3.63) is 46.3 Å². The average Bonchev–Trinajstić information content (AvgIpc) is 2.52. The van der Waals surface area contributed by atoms with Crippen LogP contribution in [-0.4, -0.2) is 28.6 Å². The van der Waals surface area contributed by atoms with Gasteiger partial charge in [0.2, 0.25) is 17.9 Å². The third-order valence-corrected chi connectivity index (χ3v) is 3.12. The van der Waals surface area contributed by atoms with E-state index in [1.807, 2.05) is 0 Å². The van der Waals surface area contributed by atoms with E-state index >= 15 is 0 Å². The number of allylic oxidation sites excluding steroid dienone is 1. The van der Waals surface area contributed by atoms with Crippen LogP contribution in [0.15, 0.2) is 34.6 Å². The van der Waals surface area contributed by atoms with Crippen LogP contribution < -0.4 is 0 Å². The highest BCUT2D eigenvalue weighted by Gasteiger charge is 2.39. The van der Waals surface area contributed by atoms with Gasteiger partial charge >= 0.3 is 6.18 Å². The maximum atomic E-state index is 12.8. The van der Waals surface area contributed by atoms with E-state index in [4.69, 9.17) is 9.84 Å². The minimum atomic E-state index is -5.17. The predicted molar refractivity (Wildman–Crippen MR) is 70.3 cm³/mol. The third-order valence-electron chi connectivity index (χ3n) is 3.12. The van der Waals surface area contributed by atoms with E-state index in [-0.39, 0.29) is 0 Å². The summed E-state index contributed by atoms with van der Waals surface area (Å²) in [6.45, 7) is 0. The summed E-state index contributed by atoms with van der Waals surface area (Å²) in [4.78, 5) is 3.32. The maximum Gasteiger partial charge on any atom is 0.450 e. The predicted octanol–water partition coefficient (Wildman–Crippen LogP) is 4.38. The molecule has 0 spiro atoms. The smallest absolute Gasteiger partial charge is 0.450 e. The lowest BCUT2D eigenvalue weighted by Crippen LogP contribution is -2.26. The topological polar surface area (TPSA) is 62.0 Å². The van der Waals surface area contributed by atoms with Gasteiger partial charge in [-0.05, 0) is 18.2 Å². The molecule has 138 valence electrons. The zero-order valence-electron chi connectivity index (χ0n) is 12.1. The molecule has 1 aliphatic rings. The van der Waals surface area contributed by atoms with Crippen LogP contribution in [0.4, 0.5) is 30.7 Å². The first-order valence-electron chi connectivity index (χ1n) is 6.63. The van der Waals surface area contributed by atoms with Crippen molar-refractivity contribution in [2.75, 3.05) is 0 Å². The Bertz CT molecular complexity index is 687. The molecule has 0 saturated heterocycles. The largest absolute Gasteiger partial charge is 0.503 e. The molecule has 11 heteroatoms. The van der Waals surface area contributed by atoms with Crippen molar-refractivity contribution in [3.63, 3.8) is 0 Å². The average molecular weight is 373 g/mol. The second kappa shape index (κ2) is 6.90. The van der Waals surface area contributed by atoms with Crippen molar-refractivity contribution in [2.45, 2.75) is 31.7 Å². The Morgan fingerprint density at radius 2 is 1.60 bits per heavy atom. The van der Waals surface area contributed by atoms with Gasteiger partial charge in [-0.3, -0.25) is 0 Å². The van der Waals surface area contributed by atoms with Crippen LogP contribution in [0.25, 0.3) is 0 Å². The second-order valence-corrected chi connectivity index (χ2v) is 4.98. The molecule has 0 bridgehead atoms. The van der Waals surface area contributed by atoms with Crippen molar-refractivity contribution in [1.82, 2.24) is 0 Å². The summed E-state index contributed by atoms with van der Waals surface area (Å²) in [7, 11) is 0. The molecule has 0 fully saturated rings. The number of halogens is 7. The summed E-state index contributed by atoms with van der Waals surface area (Å²) in [5.41, 5.74) is -3.16. The fraction of sp³-hybridized carbons (Fsp3) is 0.357. The standard InChI is InChI=1S/C14H10F7NO3/c15-11(16)5-1-6(12(17)18)3-7(2-5)13-22-8(4-9(23)25-13)10(24)14(19,20)21/h1-3,9,11-12,23-24H,4H2/b10-8+. The van der Waals surface area contributed by atoms with Crippen molar-refractivity contribution < 1.29 is 45.7 Å². The molecule has 1 aromatic carbocycles. The van der Waals surface area contributed by atoms with Crippen LogP contribution in [0, 0.1) is 0 Å². The molecule has 1 unspecified atom stereocenters. The Kier molecular flexibility index (Phi) is 5.26. The highest BCUT2D eigenvalue weighted by molar-refractivity contribution is 5.95. The van der Waals surface area contributed by atoms with Crippen molar-refractivity contribution >= 4 is 5.90 Å². The summed E-state index contributed by atoms with van der Waals surface area (Å²) < 4.78 is 93.6. The number of ether oxygens (including phenoxy) is 1. The van der Waals surface area contributed by atoms with Gasteiger partial charge in [0.1, 0.15) is 0 Å². The van der Waals surface area contributed by atoms with Crippen LogP contribution in [0.5, 0.6) is 0 Å². The number of alkyl halides is 7. The lowest BCUT2D eigenvalue weighted by Gasteiger charge is -2.23. The summed E-state index contributed by atoms with van der Waals surface area (Å²) in [5, 5.41) is 18.6. The summed E-state index contributed by atoms with van der Waals surface area (Å²) >= 11 is 0. The molecule has 4 nitrogen and oxygen atoms in total. The van der Waals surface area contributed by atoms with Gasteiger partial charge in [-0.1, -0.05) is 0 Å². The van der Waals surface area contributed by atoms with Gasteiger partial charge < -0.3 is 14.9 Å². The molecule has 2 N–H and O–H groups in total. The Labute approximate surface area is 135 Å². The molecule has 1 atom stereocenters. The van der Waals surface area contributed by atoms with Gasteiger partial charge in [-0.2, -0.15) is 13.2 Å². The van der Waals surface area contributed by atoms with Crippen LogP contribution >= 0.6 is 0 Å². The molecule has 1 aromatic rings. The molecular formula is C14H10F7NO3. The molecule has 0 aromatic heterocycles. The molecule has 1 aliphatic heterocycles. The summed E-state index contributed by atoms with van der Waals surface area (Å²) in [6, 6.07) is 1.91. The number of aliphatic hydroxyl groups is 2. The number of hydrogen-bond donors (Lipinski definition) is 2. The lowest BCUT2D eigenvalue weighted by molar-refractivity contribution is -0.123. The number of hydrogen-bond acceptors (Lipinski definition) is 4. The lowest BCUT2D eigenvalue weighted by atomic mass is 10.0. The Morgan fingerprint density at radius 3 is 2.04 bits per heavy atom. The SMILES string of the molecule is O/C(=C1\CC(O)OC(c2cc(C(F)F)cc(C(F)F)c2)=N1)C(F)(F)F. The zero-order chi connectivity index (χ0) is 18.9. The van der Waals surface area contributed by atoms with Crippen LogP contribution in [0.1, 0.15) is 36.0 Å². The molecule has 0 amide bonds. The number of nitrogens with zero attached hydrogens (tertiary/aromatic N) is 1. The van der Waals surface area contributed by atoms with Crippen molar-refractivity contribution in [2.24, 2.45) is 4.99 Å². The molecule has 2 rings (SSSR count). The van der Waals surface area contributed by atoms with Gasteiger partial charge in [-0.25, -0.2) is 22.6 Å². The molecule has 1 heterocycles. The first-order chi connectivity index (χ1) is 11.5. The van der Waals surface area contributed by atoms with Crippen molar-refractivity contribution in [3.8, 4) is 0 Å². The highest BCUT2D eigenvalue weighted by Crippen LogP contribution is 2.32. The van der Waals surface area contributed by atoms with E-state index in [1.54, 1.807) is 0 Å². The molecular weight excluding hydrogens is 363 g/mol. The van der Waals surface area contributed by atoms with Crippen LogP contribution in [0.3, 0.4) is 0 Å². The first-order valence-corrected chi connectivity index (χ1v) is 6.63. The molecule has 0 saturated carbocycles. The van der Waals surface area contributed by atoms with Gasteiger partial charge in [0.15, 0.2) is 0 Å². The van der Waals surface area contributed by atoms with Gasteiger partial charge in [0.25, 0.3) is 12.9 Å². The number of rotatable bonds is 3. The normalized spacial score (nSPS) is 20.6. The second-order valence-electron chi connectivity index (χ2n) is 4.98. The number of aliphatic hydroxyl groups excluding tert-OH is 2. The van der Waals surface area contributed by atoms with Gasteiger partial charge in [0, 0.05) is 16.7 Å². The fourth-order valence-electron chi connectivity index (χ4n) is 2.03. The molecule has 25 heavy (non-hydrogen) atoms. The summed E-state index contributed by atoms with van der Waals surface area (Å²) in [6.07, 6.45) is -14.1. The summed E-state index contributed by atoms with van der Waals surface area (Å²) in [5.74, 6) is -2.90. The van der Waals surface area contributed by atoms with Gasteiger partial charge in [0.05, 0.1) is 12.1 Å². The Balaban J connectivity index is 2.58. The van der Waals surface area contributed by atoms with Crippen molar-refractivity contribution in [1.29, 1.82) is 0 Å². The molecule has 0 radical (unpaired) electrons. The van der Waals surface area contributed by atoms with E-state index in [9.17, 15) is 35.8 Å². The van der Waals surface area contributed by atoms with E-state index < -0.39 is 65.8 Å². The van der Waals surface area contributed by atoms with Crippen LogP contribution in [-0.2, 0) is 4.74 Å². The van der Waals surface area contributed by atoms with Gasteiger partial charge in [-0.15, -0.1) is 0 Å². The minimum absolute atomic E-state index is 0.487. The Hall–Kier alpha value is -2.30. The third kappa shape index (κ3) is 4.41. The Morgan fingerprint density at radius 1 is 1.08 bits per heavy atom. The monoisotopic (exact) mass is 373 g/mol. The highest BCUT2D eigenvalue weighted by atomic mass is 19.4. The fourth-order valence-corrected chi connectivity index (χ4v) is 2.03. The zero-order valence-corrected chi connectivity index (χ0v) is 12.1. The van der Waals surface area contributed by atoms with Crippen LogP contribution in [0.2, 0.25) is 0 Å². The minimum Gasteiger partial charge on any atom is -0.503 e. The molecule has 0 aliphatic carbocycles. The van der Waals surface area contributed by atoms with E-state index in [0.717, 1.165) is 0 Å². The number of benzene rings is 1. The number of aliphatic imine (C=N–C) groups is 1. The van der Waals surface area contributed by atoms with E-state index in [0.29, 0.717) is 18.2 Å². The van der Waals surface area contributed by atoms with E-state index in [2.05, 4.69) is 4.99 Å². The quantitative estimate of drug-likeness (QED) is 0.611.